The van der Waals surface area contributed by atoms with Crippen LogP contribution in [0.15, 0.2) is 6.07 Å². The largest absolute Gasteiger partial charge is 0.446 e. The average molecular weight is 320 g/mol. The SMILES string of the molecule is CC(C)(C)n1nc([C@H]2CC[C@@H](OC(=O)N3CCCC3)C2)cc1N. The van der Waals surface area contributed by atoms with Gasteiger partial charge in [-0.05, 0) is 52.9 Å². The Hall–Kier alpha value is -1.72. The van der Waals surface area contributed by atoms with E-state index in [4.69, 9.17) is 15.6 Å². The Morgan fingerprint density at radius 1 is 1.30 bits per heavy atom. The molecule has 1 saturated heterocycles. The minimum atomic E-state index is -0.145. The highest BCUT2D eigenvalue weighted by Crippen LogP contribution is 2.37. The summed E-state index contributed by atoms with van der Waals surface area (Å²) in [5.41, 5.74) is 7.00. The van der Waals surface area contributed by atoms with Gasteiger partial charge >= 0.3 is 6.09 Å². The first-order valence-electron chi connectivity index (χ1n) is 8.66. The molecule has 6 nitrogen and oxygen atoms in total. The number of rotatable bonds is 2. The van der Waals surface area contributed by atoms with Crippen molar-refractivity contribution in [1.82, 2.24) is 14.7 Å². The van der Waals surface area contributed by atoms with E-state index in [-0.39, 0.29) is 17.7 Å². The minimum absolute atomic E-state index is 0.00844. The molecule has 0 spiro atoms. The van der Waals surface area contributed by atoms with Gasteiger partial charge in [0.15, 0.2) is 0 Å². The van der Waals surface area contributed by atoms with Gasteiger partial charge < -0.3 is 15.4 Å². The third kappa shape index (κ3) is 3.46. The zero-order valence-corrected chi connectivity index (χ0v) is 14.4. The second-order valence-electron chi connectivity index (χ2n) is 7.79. The number of amides is 1. The number of aromatic nitrogens is 2. The number of carbonyl (C=O) groups is 1. The van der Waals surface area contributed by atoms with Gasteiger partial charge in [-0.2, -0.15) is 5.10 Å². The molecule has 23 heavy (non-hydrogen) atoms. The Kier molecular flexibility index (Phi) is 4.25. The lowest BCUT2D eigenvalue weighted by Gasteiger charge is -2.21. The van der Waals surface area contributed by atoms with E-state index in [1.807, 2.05) is 15.6 Å². The van der Waals surface area contributed by atoms with E-state index >= 15 is 0 Å². The summed E-state index contributed by atoms with van der Waals surface area (Å²) in [4.78, 5) is 13.9. The van der Waals surface area contributed by atoms with Crippen molar-refractivity contribution in [2.24, 2.45) is 0 Å². The Morgan fingerprint density at radius 2 is 2.00 bits per heavy atom. The summed E-state index contributed by atoms with van der Waals surface area (Å²) in [5.74, 6) is 1.03. The fourth-order valence-corrected chi connectivity index (χ4v) is 3.58. The van der Waals surface area contributed by atoms with Gasteiger partial charge in [0.1, 0.15) is 11.9 Å². The molecule has 2 heterocycles. The molecule has 0 radical (unpaired) electrons. The number of carbonyl (C=O) groups excluding carboxylic acids is 1. The van der Waals surface area contributed by atoms with Crippen LogP contribution in [0.1, 0.15) is 64.5 Å². The highest BCUT2D eigenvalue weighted by atomic mass is 16.6. The molecule has 1 amide bonds. The first kappa shape index (κ1) is 16.1. The zero-order chi connectivity index (χ0) is 16.6. The van der Waals surface area contributed by atoms with E-state index < -0.39 is 0 Å². The van der Waals surface area contributed by atoms with E-state index in [0.29, 0.717) is 11.7 Å². The van der Waals surface area contributed by atoms with Crippen LogP contribution in [0, 0.1) is 0 Å². The van der Waals surface area contributed by atoms with Gasteiger partial charge in [0.2, 0.25) is 0 Å². The maximum absolute atomic E-state index is 12.1. The van der Waals surface area contributed by atoms with Crippen LogP contribution in [0.5, 0.6) is 0 Å². The van der Waals surface area contributed by atoms with Crippen molar-refractivity contribution in [2.45, 2.75) is 70.4 Å². The molecule has 3 rings (SSSR count). The van der Waals surface area contributed by atoms with Gasteiger partial charge in [0.05, 0.1) is 11.2 Å². The molecule has 1 aromatic heterocycles. The number of anilines is 1. The van der Waals surface area contributed by atoms with Crippen molar-refractivity contribution in [3.05, 3.63) is 11.8 Å². The van der Waals surface area contributed by atoms with Crippen LogP contribution in [0.4, 0.5) is 10.6 Å². The normalized spacial score (nSPS) is 25.1. The van der Waals surface area contributed by atoms with Crippen LogP contribution in [-0.2, 0) is 10.3 Å². The van der Waals surface area contributed by atoms with Crippen molar-refractivity contribution in [3.63, 3.8) is 0 Å². The predicted molar refractivity (Wildman–Crippen MR) is 89.3 cm³/mol. The minimum Gasteiger partial charge on any atom is -0.446 e. The van der Waals surface area contributed by atoms with E-state index in [1.165, 1.54) is 0 Å². The monoisotopic (exact) mass is 320 g/mol. The predicted octanol–water partition coefficient (Wildman–Crippen LogP) is 3.09. The topological polar surface area (TPSA) is 73.4 Å². The molecule has 2 fully saturated rings. The number of hydrogen-bond donors (Lipinski definition) is 1. The maximum Gasteiger partial charge on any atom is 0.410 e. The van der Waals surface area contributed by atoms with Crippen LogP contribution in [0.3, 0.4) is 0 Å². The van der Waals surface area contributed by atoms with Crippen LogP contribution in [-0.4, -0.2) is 40.0 Å². The molecule has 128 valence electrons. The van der Waals surface area contributed by atoms with Crippen molar-refractivity contribution in [1.29, 1.82) is 0 Å². The number of hydrogen-bond acceptors (Lipinski definition) is 4. The maximum atomic E-state index is 12.1. The first-order valence-corrected chi connectivity index (χ1v) is 8.66. The third-order valence-electron chi connectivity index (χ3n) is 4.83. The lowest BCUT2D eigenvalue weighted by atomic mass is 10.0. The van der Waals surface area contributed by atoms with E-state index in [1.54, 1.807) is 0 Å². The Morgan fingerprint density at radius 3 is 2.61 bits per heavy atom. The Bertz CT molecular complexity index is 570. The lowest BCUT2D eigenvalue weighted by molar-refractivity contribution is 0.0709. The van der Waals surface area contributed by atoms with E-state index in [2.05, 4.69) is 20.8 Å². The Labute approximate surface area is 138 Å². The van der Waals surface area contributed by atoms with Crippen LogP contribution < -0.4 is 5.73 Å². The standard InChI is InChI=1S/C17H28N4O2/c1-17(2,3)21-15(18)11-14(19-21)12-6-7-13(10-12)23-16(22)20-8-4-5-9-20/h11-13H,4-10,18H2,1-3H3/t12-,13+/m0/s1. The molecule has 1 aliphatic heterocycles. The van der Waals surface area contributed by atoms with Gasteiger partial charge in [-0.15, -0.1) is 0 Å². The quantitative estimate of drug-likeness (QED) is 0.909. The molecule has 2 N–H and O–H groups in total. The molecular formula is C17H28N4O2. The molecule has 2 atom stereocenters. The number of nitrogens with two attached hydrogens (primary N) is 1. The number of nitrogen functional groups attached to an aromatic ring is 1. The van der Waals surface area contributed by atoms with Gasteiger partial charge in [-0.3, -0.25) is 0 Å². The van der Waals surface area contributed by atoms with E-state index in [9.17, 15) is 4.79 Å². The van der Waals surface area contributed by atoms with E-state index in [0.717, 1.165) is 50.9 Å². The molecule has 0 aromatic carbocycles. The summed E-state index contributed by atoms with van der Waals surface area (Å²) in [7, 11) is 0. The molecule has 1 aliphatic carbocycles. The number of nitrogens with zero attached hydrogens (tertiary/aromatic N) is 3. The molecule has 2 aliphatic rings. The Balaban J connectivity index is 1.60. The molecule has 6 heteroatoms. The number of ether oxygens (including phenoxy) is 1. The summed E-state index contributed by atoms with van der Waals surface area (Å²) in [6.07, 6.45) is 4.80. The first-order chi connectivity index (χ1) is 10.8. The summed E-state index contributed by atoms with van der Waals surface area (Å²) in [6, 6.07) is 1.97. The van der Waals surface area contributed by atoms with Crippen LogP contribution in [0.25, 0.3) is 0 Å². The lowest BCUT2D eigenvalue weighted by Crippen LogP contribution is -2.31. The molecule has 1 saturated carbocycles. The second kappa shape index (κ2) is 6.06. The molecular weight excluding hydrogens is 292 g/mol. The van der Waals surface area contributed by atoms with Crippen LogP contribution in [0.2, 0.25) is 0 Å². The smallest absolute Gasteiger partial charge is 0.410 e. The fourth-order valence-electron chi connectivity index (χ4n) is 3.58. The van der Waals surface area contributed by atoms with Crippen LogP contribution >= 0.6 is 0 Å². The molecule has 1 aromatic rings. The second-order valence-corrected chi connectivity index (χ2v) is 7.79. The van der Waals surface area contributed by atoms with Crippen molar-refractivity contribution in [2.75, 3.05) is 18.8 Å². The zero-order valence-electron chi connectivity index (χ0n) is 14.4. The van der Waals surface area contributed by atoms with Gasteiger partial charge in [-0.25, -0.2) is 9.48 Å². The molecule has 0 bridgehead atoms. The summed E-state index contributed by atoms with van der Waals surface area (Å²) in [5, 5.41) is 4.69. The summed E-state index contributed by atoms with van der Waals surface area (Å²) < 4.78 is 7.55. The van der Waals surface area contributed by atoms with Crippen molar-refractivity contribution < 1.29 is 9.53 Å². The van der Waals surface area contributed by atoms with Gasteiger partial charge in [0.25, 0.3) is 0 Å². The fraction of sp³-hybridized carbons (Fsp3) is 0.765. The average Bonchev–Trinajstić information content (AvgIpc) is 3.15. The highest BCUT2D eigenvalue weighted by molar-refractivity contribution is 5.68. The molecule has 0 unspecified atom stereocenters. The summed E-state index contributed by atoms with van der Waals surface area (Å²) >= 11 is 0. The van der Waals surface area contributed by atoms with Crippen molar-refractivity contribution in [3.8, 4) is 0 Å². The third-order valence-corrected chi connectivity index (χ3v) is 4.83. The van der Waals surface area contributed by atoms with Gasteiger partial charge in [-0.1, -0.05) is 0 Å². The van der Waals surface area contributed by atoms with Gasteiger partial charge in [0, 0.05) is 25.1 Å². The summed E-state index contributed by atoms with van der Waals surface area (Å²) in [6.45, 7) is 7.95. The highest BCUT2D eigenvalue weighted by Gasteiger charge is 2.33. The number of likely N-dealkylation sites (tertiary alicyclic amines) is 1. The van der Waals surface area contributed by atoms with Crippen molar-refractivity contribution >= 4 is 11.9 Å².